The minimum absolute atomic E-state index is 1.11. The van der Waals surface area contributed by atoms with Crippen LogP contribution >= 0.6 is 0 Å². The van der Waals surface area contributed by atoms with Crippen molar-refractivity contribution in [3.8, 4) is 11.8 Å². The Kier molecular flexibility index (Phi) is 9.42. The van der Waals surface area contributed by atoms with E-state index >= 15 is 0 Å². The number of hydrogen-bond donors (Lipinski definition) is 0. The SMILES string of the molecule is C1#CCCCCCCCCCCCCC[CH]1. The van der Waals surface area contributed by atoms with Crippen LogP contribution in [0.5, 0.6) is 0 Å². The summed E-state index contributed by atoms with van der Waals surface area (Å²) in [5.41, 5.74) is 0. The van der Waals surface area contributed by atoms with Crippen molar-refractivity contribution < 1.29 is 0 Å². The Morgan fingerprint density at radius 2 is 1.06 bits per heavy atom. The van der Waals surface area contributed by atoms with Gasteiger partial charge in [0.25, 0.3) is 0 Å². The summed E-state index contributed by atoms with van der Waals surface area (Å²) in [5.74, 6) is 6.45. The molecule has 0 bridgehead atoms. The van der Waals surface area contributed by atoms with Crippen molar-refractivity contribution in [1.29, 1.82) is 0 Å². The fourth-order valence-electron chi connectivity index (χ4n) is 2.27. The van der Waals surface area contributed by atoms with Crippen LogP contribution in [-0.4, -0.2) is 0 Å². The van der Waals surface area contributed by atoms with Crippen LogP contribution in [0.4, 0.5) is 0 Å². The Hall–Kier alpha value is -0.440. The summed E-state index contributed by atoms with van der Waals surface area (Å²) in [7, 11) is 0. The standard InChI is InChI=1S/C16H27/c1-2-4-6-8-10-12-14-16-15-13-11-9-7-5-3-1/h1H,2,4,6-16H2. The predicted octanol–water partition coefficient (Wildman–Crippen LogP) is 5.28. The Balaban J connectivity index is 2.10. The summed E-state index contributed by atoms with van der Waals surface area (Å²) < 4.78 is 0. The van der Waals surface area contributed by atoms with Crippen LogP contribution in [0.1, 0.15) is 83.5 Å². The minimum Gasteiger partial charge on any atom is -0.103 e. The third kappa shape index (κ3) is 8.84. The van der Waals surface area contributed by atoms with Gasteiger partial charge in [0.15, 0.2) is 0 Å². The van der Waals surface area contributed by atoms with Gasteiger partial charge in [-0.3, -0.25) is 0 Å². The zero-order chi connectivity index (χ0) is 11.3. The second-order valence-electron chi connectivity index (χ2n) is 4.95. The predicted molar refractivity (Wildman–Crippen MR) is 72.1 cm³/mol. The van der Waals surface area contributed by atoms with Crippen LogP contribution < -0.4 is 0 Å². The Morgan fingerprint density at radius 3 is 1.69 bits per heavy atom. The van der Waals surface area contributed by atoms with Crippen molar-refractivity contribution in [2.45, 2.75) is 83.5 Å². The third-order valence-electron chi connectivity index (χ3n) is 3.35. The Bertz CT molecular complexity index is 174. The molecule has 0 atom stereocenters. The average molecular weight is 219 g/mol. The maximum Gasteiger partial charge on any atom is 0.0340 e. The molecule has 0 aliphatic heterocycles. The van der Waals surface area contributed by atoms with E-state index in [1.165, 1.54) is 77.0 Å². The van der Waals surface area contributed by atoms with Crippen LogP contribution in [0.25, 0.3) is 0 Å². The first kappa shape index (κ1) is 13.6. The van der Waals surface area contributed by atoms with Gasteiger partial charge in [-0.05, 0) is 12.8 Å². The largest absolute Gasteiger partial charge is 0.103 e. The van der Waals surface area contributed by atoms with Crippen molar-refractivity contribution in [2.75, 3.05) is 0 Å². The molecule has 1 aliphatic carbocycles. The monoisotopic (exact) mass is 219 g/mol. The first-order valence-corrected chi connectivity index (χ1v) is 7.30. The van der Waals surface area contributed by atoms with Crippen LogP contribution in [-0.2, 0) is 0 Å². The molecule has 0 heteroatoms. The summed E-state index contributed by atoms with van der Waals surface area (Å²) in [6, 6.07) is 0. The molecule has 1 radical (unpaired) electrons. The summed E-state index contributed by atoms with van der Waals surface area (Å²) >= 11 is 0. The summed E-state index contributed by atoms with van der Waals surface area (Å²) in [5, 5.41) is 0. The molecule has 91 valence electrons. The summed E-state index contributed by atoms with van der Waals surface area (Å²) in [6.45, 7) is 0. The van der Waals surface area contributed by atoms with E-state index in [1.54, 1.807) is 0 Å². The normalized spacial score (nSPS) is 22.0. The molecule has 0 nitrogen and oxygen atoms in total. The molecule has 16 heavy (non-hydrogen) atoms. The van der Waals surface area contributed by atoms with Crippen molar-refractivity contribution in [3.05, 3.63) is 6.42 Å². The van der Waals surface area contributed by atoms with Gasteiger partial charge in [0.2, 0.25) is 0 Å². The van der Waals surface area contributed by atoms with Gasteiger partial charge < -0.3 is 0 Å². The van der Waals surface area contributed by atoms with Gasteiger partial charge in [-0.1, -0.05) is 70.1 Å². The van der Waals surface area contributed by atoms with Crippen LogP contribution in [0, 0.1) is 18.3 Å². The van der Waals surface area contributed by atoms with Crippen molar-refractivity contribution in [1.82, 2.24) is 0 Å². The zero-order valence-corrected chi connectivity index (χ0v) is 10.8. The highest BCUT2D eigenvalue weighted by Gasteiger charge is 1.94. The minimum atomic E-state index is 1.11. The van der Waals surface area contributed by atoms with Gasteiger partial charge in [-0.2, -0.15) is 0 Å². The number of rotatable bonds is 0. The lowest BCUT2D eigenvalue weighted by atomic mass is 10.0. The lowest BCUT2D eigenvalue weighted by Crippen LogP contribution is -1.84. The zero-order valence-electron chi connectivity index (χ0n) is 10.8. The Morgan fingerprint density at radius 1 is 0.562 bits per heavy atom. The Labute approximate surface area is 102 Å². The lowest BCUT2D eigenvalue weighted by Gasteiger charge is -2.02. The van der Waals surface area contributed by atoms with Gasteiger partial charge in [0.1, 0.15) is 0 Å². The van der Waals surface area contributed by atoms with Crippen molar-refractivity contribution in [2.24, 2.45) is 0 Å². The topological polar surface area (TPSA) is 0 Å². The van der Waals surface area contributed by atoms with E-state index in [9.17, 15) is 0 Å². The molecule has 1 aliphatic rings. The van der Waals surface area contributed by atoms with Crippen LogP contribution in [0.2, 0.25) is 0 Å². The molecule has 0 N–H and O–H groups in total. The van der Waals surface area contributed by atoms with E-state index in [1.807, 2.05) is 0 Å². The third-order valence-corrected chi connectivity index (χ3v) is 3.35. The highest BCUT2D eigenvalue weighted by Crippen LogP contribution is 2.13. The molecule has 1 rings (SSSR count). The molecule has 0 saturated heterocycles. The van der Waals surface area contributed by atoms with Crippen molar-refractivity contribution in [3.63, 3.8) is 0 Å². The quantitative estimate of drug-likeness (QED) is 0.486. The van der Waals surface area contributed by atoms with E-state index in [0.29, 0.717) is 0 Å². The molecule has 0 heterocycles. The maximum absolute atomic E-state index is 3.26. The molecule has 0 spiro atoms. The van der Waals surface area contributed by atoms with Gasteiger partial charge >= 0.3 is 0 Å². The molecule has 0 amide bonds. The highest BCUT2D eigenvalue weighted by atomic mass is 14.0. The maximum atomic E-state index is 3.26. The molecule has 0 aromatic heterocycles. The molecule has 0 unspecified atom stereocenters. The van der Waals surface area contributed by atoms with Gasteiger partial charge in [0.05, 0.1) is 0 Å². The second-order valence-corrected chi connectivity index (χ2v) is 4.95. The lowest BCUT2D eigenvalue weighted by molar-refractivity contribution is 0.546. The molecular weight excluding hydrogens is 192 g/mol. The van der Waals surface area contributed by atoms with Crippen LogP contribution in [0.15, 0.2) is 0 Å². The average Bonchev–Trinajstić information content (AvgIpc) is 2.29. The summed E-state index contributed by atoms with van der Waals surface area (Å²) in [6.07, 6.45) is 20.0. The van der Waals surface area contributed by atoms with Crippen LogP contribution in [0.3, 0.4) is 0 Å². The van der Waals surface area contributed by atoms with Crippen molar-refractivity contribution >= 4 is 0 Å². The summed E-state index contributed by atoms with van der Waals surface area (Å²) in [4.78, 5) is 0. The fraction of sp³-hybridized carbons (Fsp3) is 0.812. The first-order valence-electron chi connectivity index (χ1n) is 7.30. The van der Waals surface area contributed by atoms with E-state index in [4.69, 9.17) is 0 Å². The van der Waals surface area contributed by atoms with Gasteiger partial charge in [-0.15, -0.1) is 5.92 Å². The molecule has 0 aromatic rings. The fourth-order valence-corrected chi connectivity index (χ4v) is 2.27. The highest BCUT2D eigenvalue weighted by molar-refractivity contribution is 5.09. The molecule has 0 fully saturated rings. The molecule has 0 aromatic carbocycles. The molecule has 0 saturated carbocycles. The second kappa shape index (κ2) is 11.1. The van der Waals surface area contributed by atoms with E-state index < -0.39 is 0 Å². The van der Waals surface area contributed by atoms with Gasteiger partial charge in [0, 0.05) is 12.8 Å². The van der Waals surface area contributed by atoms with E-state index in [2.05, 4.69) is 18.3 Å². The van der Waals surface area contributed by atoms with E-state index in [0.717, 1.165) is 6.42 Å². The van der Waals surface area contributed by atoms with E-state index in [-0.39, 0.29) is 0 Å². The number of hydrogen-bond acceptors (Lipinski definition) is 0. The smallest absolute Gasteiger partial charge is 0.0340 e. The van der Waals surface area contributed by atoms with Gasteiger partial charge in [-0.25, -0.2) is 0 Å². The first-order chi connectivity index (χ1) is 8.00. The molecular formula is C16H27.